The Morgan fingerprint density at radius 1 is 1.33 bits per heavy atom. The number of nitrogens with one attached hydrogen (secondary N) is 1. The number of nitrogens with two attached hydrogens (primary N) is 1. The second-order valence-electron chi connectivity index (χ2n) is 4.90. The molecule has 2 rings (SSSR count). The van der Waals surface area contributed by atoms with Gasteiger partial charge in [-0.25, -0.2) is 17.9 Å². The van der Waals surface area contributed by atoms with Gasteiger partial charge in [0.05, 0.1) is 5.69 Å². The minimum atomic E-state index is -4.18. The van der Waals surface area contributed by atoms with Gasteiger partial charge < -0.3 is 0 Å². The molecule has 1 aromatic rings. The Bertz CT molecular complexity index is 749. The molecule has 1 aromatic carbocycles. The Hall–Kier alpha value is -1.23. The highest BCUT2D eigenvalue weighted by Crippen LogP contribution is 2.23. The van der Waals surface area contributed by atoms with E-state index in [0.29, 0.717) is 6.54 Å². The van der Waals surface area contributed by atoms with Crippen molar-refractivity contribution in [3.63, 3.8) is 0 Å². The van der Waals surface area contributed by atoms with E-state index in [1.165, 1.54) is 4.31 Å². The molecule has 1 aliphatic heterocycles. The first kappa shape index (κ1) is 16.1. The quantitative estimate of drug-likeness (QED) is 0.839. The molecular formula is C11H16FN3O4S2. The van der Waals surface area contributed by atoms with Gasteiger partial charge in [-0.2, -0.15) is 12.7 Å². The summed E-state index contributed by atoms with van der Waals surface area (Å²) < 4.78 is 63.7. The van der Waals surface area contributed by atoms with E-state index >= 15 is 0 Å². The van der Waals surface area contributed by atoms with E-state index in [4.69, 9.17) is 5.14 Å². The van der Waals surface area contributed by atoms with Crippen molar-refractivity contribution in [1.29, 1.82) is 0 Å². The van der Waals surface area contributed by atoms with Gasteiger partial charge in [0.15, 0.2) is 0 Å². The predicted molar refractivity (Wildman–Crippen MR) is 75.7 cm³/mol. The fourth-order valence-corrected chi connectivity index (χ4v) is 4.35. The fourth-order valence-electron chi connectivity index (χ4n) is 2.27. The van der Waals surface area contributed by atoms with Crippen LogP contribution in [0.2, 0.25) is 0 Å². The first-order valence-corrected chi connectivity index (χ1v) is 9.22. The molecular weight excluding hydrogens is 321 g/mol. The summed E-state index contributed by atoms with van der Waals surface area (Å²) >= 11 is 0. The fraction of sp³-hybridized carbons (Fsp3) is 0.455. The van der Waals surface area contributed by atoms with Gasteiger partial charge in [0.1, 0.15) is 10.7 Å². The van der Waals surface area contributed by atoms with Gasteiger partial charge >= 0.3 is 10.2 Å². The van der Waals surface area contributed by atoms with E-state index in [0.717, 1.165) is 31.0 Å². The molecule has 0 aromatic heterocycles. The summed E-state index contributed by atoms with van der Waals surface area (Å²) in [5.74, 6) is -1.10. The summed E-state index contributed by atoms with van der Waals surface area (Å²) in [6, 6.07) is 2.74. The predicted octanol–water partition coefficient (Wildman–Crippen LogP) is 0.614. The zero-order valence-corrected chi connectivity index (χ0v) is 12.9. The maximum absolute atomic E-state index is 13.7. The maximum Gasteiger partial charge on any atom is 0.301 e. The van der Waals surface area contributed by atoms with Crippen LogP contribution in [0.4, 0.5) is 10.1 Å². The van der Waals surface area contributed by atoms with Crippen LogP contribution < -0.4 is 9.86 Å². The molecule has 0 saturated carbocycles. The molecule has 0 radical (unpaired) electrons. The molecule has 1 atom stereocenters. The molecule has 1 aliphatic rings. The summed E-state index contributed by atoms with van der Waals surface area (Å²) in [5, 5.41) is 4.84. The SMILES string of the molecule is CC1CCCN1S(=O)(=O)Nc1ccc(S(N)(=O)=O)c(F)c1. The number of anilines is 1. The third-order valence-corrected chi connectivity index (χ3v) is 5.88. The Kier molecular flexibility index (Phi) is 4.24. The summed E-state index contributed by atoms with van der Waals surface area (Å²) in [7, 11) is -7.97. The molecule has 0 spiro atoms. The van der Waals surface area contributed by atoms with E-state index in [1.54, 1.807) is 6.92 Å². The van der Waals surface area contributed by atoms with Crippen LogP contribution in [0.15, 0.2) is 23.1 Å². The van der Waals surface area contributed by atoms with Crippen molar-refractivity contribution >= 4 is 25.9 Å². The molecule has 10 heteroatoms. The standard InChI is InChI=1S/C11H16FN3O4S2/c1-8-3-2-6-15(8)21(18,19)14-9-4-5-11(10(12)7-9)20(13,16)17/h4-5,7-8,14H,2-3,6H2,1H3,(H2,13,16,17). The number of hydrogen-bond acceptors (Lipinski definition) is 4. The monoisotopic (exact) mass is 337 g/mol. The Balaban J connectivity index is 2.26. The number of nitrogens with zero attached hydrogens (tertiary/aromatic N) is 1. The van der Waals surface area contributed by atoms with Gasteiger partial charge in [-0.05, 0) is 38.0 Å². The van der Waals surface area contributed by atoms with Crippen LogP contribution in [0.1, 0.15) is 19.8 Å². The van der Waals surface area contributed by atoms with Crippen LogP contribution in [0, 0.1) is 5.82 Å². The lowest BCUT2D eigenvalue weighted by Crippen LogP contribution is -2.38. The molecule has 0 amide bonds. The van der Waals surface area contributed by atoms with Gasteiger partial charge in [0.2, 0.25) is 10.0 Å². The molecule has 1 unspecified atom stereocenters. The van der Waals surface area contributed by atoms with Crippen LogP contribution in [0.3, 0.4) is 0 Å². The van der Waals surface area contributed by atoms with Crippen LogP contribution in [0.5, 0.6) is 0 Å². The van der Waals surface area contributed by atoms with Crippen molar-refractivity contribution in [2.24, 2.45) is 5.14 Å². The van der Waals surface area contributed by atoms with E-state index < -0.39 is 30.9 Å². The molecule has 1 fully saturated rings. The topological polar surface area (TPSA) is 110 Å². The van der Waals surface area contributed by atoms with E-state index in [2.05, 4.69) is 4.72 Å². The number of halogens is 1. The molecule has 7 nitrogen and oxygen atoms in total. The third kappa shape index (κ3) is 3.51. The van der Waals surface area contributed by atoms with Gasteiger partial charge in [-0.3, -0.25) is 4.72 Å². The Morgan fingerprint density at radius 3 is 2.48 bits per heavy atom. The molecule has 0 aliphatic carbocycles. The van der Waals surface area contributed by atoms with Crippen LogP contribution in [0.25, 0.3) is 0 Å². The van der Waals surface area contributed by atoms with Gasteiger partial charge in [-0.15, -0.1) is 0 Å². The maximum atomic E-state index is 13.7. The highest BCUT2D eigenvalue weighted by Gasteiger charge is 2.31. The lowest BCUT2D eigenvalue weighted by atomic mass is 10.3. The molecule has 118 valence electrons. The average molecular weight is 337 g/mol. The van der Waals surface area contributed by atoms with Gasteiger partial charge in [0.25, 0.3) is 0 Å². The van der Waals surface area contributed by atoms with Crippen molar-refractivity contribution < 1.29 is 21.2 Å². The Labute approximate surface area is 123 Å². The minimum absolute atomic E-state index is 0.0565. The van der Waals surface area contributed by atoms with E-state index in [-0.39, 0.29) is 11.7 Å². The first-order chi connectivity index (χ1) is 9.61. The van der Waals surface area contributed by atoms with Crippen molar-refractivity contribution in [1.82, 2.24) is 4.31 Å². The van der Waals surface area contributed by atoms with E-state index in [9.17, 15) is 21.2 Å². The molecule has 1 saturated heterocycles. The smallest absolute Gasteiger partial charge is 0.271 e. The summed E-state index contributed by atoms with van der Waals surface area (Å²) in [6.45, 7) is 2.19. The van der Waals surface area contributed by atoms with Crippen molar-refractivity contribution in [2.75, 3.05) is 11.3 Å². The van der Waals surface area contributed by atoms with E-state index in [1.807, 2.05) is 0 Å². The summed E-state index contributed by atoms with van der Waals surface area (Å²) in [5.41, 5.74) is -0.0565. The molecule has 1 heterocycles. The minimum Gasteiger partial charge on any atom is -0.271 e. The number of primary sulfonamides is 1. The average Bonchev–Trinajstić information content (AvgIpc) is 2.74. The first-order valence-electron chi connectivity index (χ1n) is 6.23. The van der Waals surface area contributed by atoms with Crippen LogP contribution in [-0.2, 0) is 20.2 Å². The van der Waals surface area contributed by atoms with Crippen molar-refractivity contribution in [2.45, 2.75) is 30.7 Å². The van der Waals surface area contributed by atoms with Gasteiger partial charge in [-0.1, -0.05) is 0 Å². The highest BCUT2D eigenvalue weighted by molar-refractivity contribution is 7.90. The number of benzene rings is 1. The summed E-state index contributed by atoms with van der Waals surface area (Å²) in [6.07, 6.45) is 1.53. The van der Waals surface area contributed by atoms with Crippen LogP contribution in [-0.4, -0.2) is 33.7 Å². The highest BCUT2D eigenvalue weighted by atomic mass is 32.2. The zero-order valence-electron chi connectivity index (χ0n) is 11.3. The normalized spacial score (nSPS) is 20.6. The molecule has 3 N–H and O–H groups in total. The number of hydrogen-bond donors (Lipinski definition) is 2. The van der Waals surface area contributed by atoms with Crippen LogP contribution >= 0.6 is 0 Å². The van der Waals surface area contributed by atoms with Crippen molar-refractivity contribution in [3.05, 3.63) is 24.0 Å². The second kappa shape index (κ2) is 5.52. The number of rotatable bonds is 4. The van der Waals surface area contributed by atoms with Gasteiger partial charge in [0, 0.05) is 12.6 Å². The lowest BCUT2D eigenvalue weighted by Gasteiger charge is -2.21. The largest absolute Gasteiger partial charge is 0.301 e. The second-order valence-corrected chi connectivity index (χ2v) is 8.05. The lowest BCUT2D eigenvalue weighted by molar-refractivity contribution is 0.412. The Morgan fingerprint density at radius 2 is 2.00 bits per heavy atom. The summed E-state index contributed by atoms with van der Waals surface area (Å²) in [4.78, 5) is -0.681. The molecule has 21 heavy (non-hydrogen) atoms. The van der Waals surface area contributed by atoms with Crippen molar-refractivity contribution in [3.8, 4) is 0 Å². The molecule has 0 bridgehead atoms. The number of sulfonamides is 1. The zero-order chi connectivity index (χ0) is 15.8. The third-order valence-electron chi connectivity index (χ3n) is 3.29.